The number of pyridine rings is 1. The van der Waals surface area contributed by atoms with E-state index >= 15 is 0 Å². The Morgan fingerprint density at radius 2 is 2.14 bits per heavy atom. The van der Waals surface area contributed by atoms with Gasteiger partial charge in [-0.1, -0.05) is 0 Å². The topological polar surface area (TPSA) is 42.2 Å². The Bertz CT molecular complexity index is 343. The first kappa shape index (κ1) is 9.46. The van der Waals surface area contributed by atoms with Crippen molar-refractivity contribution in [2.24, 2.45) is 0 Å². The van der Waals surface area contributed by atoms with Gasteiger partial charge in [-0.3, -0.25) is 9.88 Å². The van der Waals surface area contributed by atoms with Gasteiger partial charge in [0, 0.05) is 18.4 Å². The standard InChI is InChI=1S/C11H17N3/c1-8-6-13-10(9(2)11(8)12)7-14-4-3-5-14/h6H,3-5,7H2,1-2H3,(H2,12,13). The second kappa shape index (κ2) is 3.58. The Morgan fingerprint density at radius 3 is 2.71 bits per heavy atom. The fourth-order valence-electron chi connectivity index (χ4n) is 1.70. The van der Waals surface area contributed by atoms with Crippen LogP contribution in [0.25, 0.3) is 0 Å². The molecule has 2 heterocycles. The van der Waals surface area contributed by atoms with Crippen LogP contribution in [-0.2, 0) is 6.54 Å². The summed E-state index contributed by atoms with van der Waals surface area (Å²) in [5.74, 6) is 0. The van der Waals surface area contributed by atoms with Crippen molar-refractivity contribution >= 4 is 5.69 Å². The average Bonchev–Trinajstić information content (AvgIpc) is 2.10. The summed E-state index contributed by atoms with van der Waals surface area (Å²) in [5, 5.41) is 0. The minimum atomic E-state index is 0.899. The van der Waals surface area contributed by atoms with Crippen LogP contribution in [-0.4, -0.2) is 23.0 Å². The van der Waals surface area contributed by atoms with E-state index in [9.17, 15) is 0 Å². The van der Waals surface area contributed by atoms with Crippen molar-refractivity contribution in [3.63, 3.8) is 0 Å². The molecule has 2 rings (SSSR count). The molecule has 2 N–H and O–H groups in total. The van der Waals surface area contributed by atoms with Crippen LogP contribution in [0.15, 0.2) is 6.20 Å². The number of likely N-dealkylation sites (tertiary alicyclic amines) is 1. The molecule has 14 heavy (non-hydrogen) atoms. The zero-order chi connectivity index (χ0) is 10.1. The van der Waals surface area contributed by atoms with E-state index < -0.39 is 0 Å². The Morgan fingerprint density at radius 1 is 1.43 bits per heavy atom. The Hall–Kier alpha value is -1.09. The molecular formula is C11H17N3. The molecule has 76 valence electrons. The fourth-order valence-corrected chi connectivity index (χ4v) is 1.70. The summed E-state index contributed by atoms with van der Waals surface area (Å²) in [6.45, 7) is 7.42. The zero-order valence-corrected chi connectivity index (χ0v) is 8.88. The predicted molar refractivity (Wildman–Crippen MR) is 58.0 cm³/mol. The van der Waals surface area contributed by atoms with Crippen molar-refractivity contribution < 1.29 is 0 Å². The van der Waals surface area contributed by atoms with Gasteiger partial charge in [0.1, 0.15) is 0 Å². The van der Waals surface area contributed by atoms with E-state index in [0.29, 0.717) is 0 Å². The third-order valence-electron chi connectivity index (χ3n) is 3.00. The molecule has 1 aliphatic rings. The number of nitrogen functional groups attached to an aromatic ring is 1. The summed E-state index contributed by atoms with van der Waals surface area (Å²) in [6.07, 6.45) is 3.19. The van der Waals surface area contributed by atoms with Crippen LogP contribution >= 0.6 is 0 Å². The molecule has 0 unspecified atom stereocenters. The molecule has 3 heteroatoms. The Kier molecular flexibility index (Phi) is 2.42. The van der Waals surface area contributed by atoms with Crippen LogP contribution in [0.1, 0.15) is 23.2 Å². The molecule has 0 radical (unpaired) electrons. The number of nitrogens with two attached hydrogens (primary N) is 1. The molecule has 0 bridgehead atoms. The van der Waals surface area contributed by atoms with E-state index in [1.807, 2.05) is 13.1 Å². The minimum Gasteiger partial charge on any atom is -0.398 e. The van der Waals surface area contributed by atoms with Gasteiger partial charge >= 0.3 is 0 Å². The summed E-state index contributed by atoms with van der Waals surface area (Å²) in [7, 11) is 0. The molecule has 0 aromatic carbocycles. The first-order valence-electron chi connectivity index (χ1n) is 5.11. The Balaban J connectivity index is 2.20. The Labute approximate surface area is 84.9 Å². The summed E-state index contributed by atoms with van der Waals surface area (Å²) in [5.41, 5.74) is 10.2. The van der Waals surface area contributed by atoms with Crippen molar-refractivity contribution in [3.8, 4) is 0 Å². The van der Waals surface area contributed by atoms with Gasteiger partial charge in [0.15, 0.2) is 0 Å². The van der Waals surface area contributed by atoms with Crippen molar-refractivity contribution in [1.29, 1.82) is 0 Å². The lowest BCUT2D eigenvalue weighted by molar-refractivity contribution is 0.170. The van der Waals surface area contributed by atoms with Crippen LogP contribution < -0.4 is 5.73 Å². The molecule has 1 fully saturated rings. The lowest BCUT2D eigenvalue weighted by Gasteiger charge is -2.30. The van der Waals surface area contributed by atoms with Crippen LogP contribution in [0.4, 0.5) is 5.69 Å². The van der Waals surface area contributed by atoms with Crippen LogP contribution in [0.2, 0.25) is 0 Å². The first-order chi connectivity index (χ1) is 6.68. The maximum Gasteiger partial charge on any atom is 0.0593 e. The van der Waals surface area contributed by atoms with Gasteiger partial charge in [0.2, 0.25) is 0 Å². The number of nitrogens with zero attached hydrogens (tertiary/aromatic N) is 2. The number of aromatic nitrogens is 1. The summed E-state index contributed by atoms with van der Waals surface area (Å²) >= 11 is 0. The van der Waals surface area contributed by atoms with Crippen molar-refractivity contribution in [2.45, 2.75) is 26.8 Å². The SMILES string of the molecule is Cc1cnc(CN2CCC2)c(C)c1N. The molecule has 0 aliphatic carbocycles. The quantitative estimate of drug-likeness (QED) is 0.770. The average molecular weight is 191 g/mol. The molecule has 0 saturated carbocycles. The molecule has 1 aromatic rings. The molecule has 1 aliphatic heterocycles. The highest BCUT2D eigenvalue weighted by Crippen LogP contribution is 2.20. The second-order valence-electron chi connectivity index (χ2n) is 4.06. The minimum absolute atomic E-state index is 0.899. The van der Waals surface area contributed by atoms with Gasteiger partial charge in [0.05, 0.1) is 5.69 Å². The van der Waals surface area contributed by atoms with E-state index in [2.05, 4.69) is 16.8 Å². The van der Waals surface area contributed by atoms with Crippen LogP contribution in [0.5, 0.6) is 0 Å². The highest BCUT2D eigenvalue weighted by Gasteiger charge is 2.16. The van der Waals surface area contributed by atoms with Gasteiger partial charge in [-0.15, -0.1) is 0 Å². The van der Waals surface area contributed by atoms with E-state index in [4.69, 9.17) is 5.73 Å². The first-order valence-corrected chi connectivity index (χ1v) is 5.11. The second-order valence-corrected chi connectivity index (χ2v) is 4.06. The van der Waals surface area contributed by atoms with Gasteiger partial charge < -0.3 is 5.73 Å². The molecular weight excluding hydrogens is 174 g/mol. The van der Waals surface area contributed by atoms with E-state index in [1.165, 1.54) is 19.5 Å². The predicted octanol–water partition coefficient (Wildman–Crippen LogP) is 1.49. The van der Waals surface area contributed by atoms with E-state index in [0.717, 1.165) is 29.1 Å². The van der Waals surface area contributed by atoms with Crippen molar-refractivity contribution in [1.82, 2.24) is 9.88 Å². The smallest absolute Gasteiger partial charge is 0.0593 e. The summed E-state index contributed by atoms with van der Waals surface area (Å²) < 4.78 is 0. The number of hydrogen-bond donors (Lipinski definition) is 1. The van der Waals surface area contributed by atoms with Crippen LogP contribution in [0, 0.1) is 13.8 Å². The highest BCUT2D eigenvalue weighted by molar-refractivity contribution is 5.53. The molecule has 0 atom stereocenters. The maximum absolute atomic E-state index is 5.96. The number of aryl methyl sites for hydroxylation is 1. The molecule has 0 amide bonds. The summed E-state index contributed by atoms with van der Waals surface area (Å²) in [6, 6.07) is 0. The monoisotopic (exact) mass is 191 g/mol. The number of anilines is 1. The highest BCUT2D eigenvalue weighted by atomic mass is 15.2. The largest absolute Gasteiger partial charge is 0.398 e. The third-order valence-corrected chi connectivity index (χ3v) is 3.00. The zero-order valence-electron chi connectivity index (χ0n) is 8.88. The normalized spacial score (nSPS) is 16.7. The van der Waals surface area contributed by atoms with Crippen molar-refractivity contribution in [2.75, 3.05) is 18.8 Å². The maximum atomic E-state index is 5.96. The van der Waals surface area contributed by atoms with E-state index in [-0.39, 0.29) is 0 Å². The number of rotatable bonds is 2. The van der Waals surface area contributed by atoms with Crippen LogP contribution in [0.3, 0.4) is 0 Å². The van der Waals surface area contributed by atoms with E-state index in [1.54, 1.807) is 0 Å². The van der Waals surface area contributed by atoms with Gasteiger partial charge in [-0.25, -0.2) is 0 Å². The lowest BCUT2D eigenvalue weighted by Crippen LogP contribution is -2.36. The molecule has 0 spiro atoms. The fraction of sp³-hybridized carbons (Fsp3) is 0.545. The summed E-state index contributed by atoms with van der Waals surface area (Å²) in [4.78, 5) is 6.83. The molecule has 1 saturated heterocycles. The molecule has 3 nitrogen and oxygen atoms in total. The van der Waals surface area contributed by atoms with Gasteiger partial charge in [0.25, 0.3) is 0 Å². The third kappa shape index (κ3) is 1.60. The number of hydrogen-bond acceptors (Lipinski definition) is 3. The molecule has 1 aromatic heterocycles. The van der Waals surface area contributed by atoms with Gasteiger partial charge in [-0.2, -0.15) is 0 Å². The van der Waals surface area contributed by atoms with Gasteiger partial charge in [-0.05, 0) is 44.5 Å². The van der Waals surface area contributed by atoms with Crippen molar-refractivity contribution in [3.05, 3.63) is 23.0 Å². The lowest BCUT2D eigenvalue weighted by atomic mass is 10.1.